The number of phenols is 1. The fraction of sp³-hybridized carbons (Fsp3) is 0.389. The molecule has 23 heavy (non-hydrogen) atoms. The molecular formula is C18H19NO4. The van der Waals surface area contributed by atoms with Gasteiger partial charge < -0.3 is 19.9 Å². The van der Waals surface area contributed by atoms with Gasteiger partial charge in [0.15, 0.2) is 17.3 Å². The Bertz CT molecular complexity index is 765. The summed E-state index contributed by atoms with van der Waals surface area (Å²) in [5.41, 5.74) is 2.91. The molecule has 1 heterocycles. The largest absolute Gasteiger partial charge is 0.504 e. The second kappa shape index (κ2) is 4.86. The lowest BCUT2D eigenvalue weighted by Crippen LogP contribution is -2.53. The molecule has 2 aliphatic carbocycles. The Labute approximate surface area is 134 Å². The summed E-state index contributed by atoms with van der Waals surface area (Å²) in [7, 11) is 3.07. The Morgan fingerprint density at radius 1 is 1.30 bits per heavy atom. The fourth-order valence-electron chi connectivity index (χ4n) is 4.19. The van der Waals surface area contributed by atoms with E-state index in [1.165, 1.54) is 7.11 Å². The Balaban J connectivity index is 1.99. The van der Waals surface area contributed by atoms with Crippen LogP contribution in [0.3, 0.4) is 0 Å². The first-order valence-corrected chi connectivity index (χ1v) is 7.76. The predicted octanol–water partition coefficient (Wildman–Crippen LogP) is 1.60. The summed E-state index contributed by atoms with van der Waals surface area (Å²) >= 11 is 0. The van der Waals surface area contributed by atoms with E-state index in [1.54, 1.807) is 19.3 Å². The molecule has 2 bridgehead atoms. The van der Waals surface area contributed by atoms with Gasteiger partial charge in [-0.1, -0.05) is 0 Å². The molecule has 1 aromatic rings. The number of hydrogen-bond acceptors (Lipinski definition) is 5. The van der Waals surface area contributed by atoms with Crippen molar-refractivity contribution in [2.75, 3.05) is 20.8 Å². The van der Waals surface area contributed by atoms with E-state index in [1.807, 2.05) is 12.1 Å². The SMILES string of the molecule is COC1=C[C@@]23CCN[C@@H](Cc4cc(O)c(OC)cc42)C3=CC1=O. The summed E-state index contributed by atoms with van der Waals surface area (Å²) < 4.78 is 10.6. The number of carbonyl (C=O) groups is 1. The molecule has 2 N–H and O–H groups in total. The highest BCUT2D eigenvalue weighted by Gasteiger charge is 2.49. The lowest BCUT2D eigenvalue weighted by atomic mass is 9.59. The number of piperidine rings is 1. The Hall–Kier alpha value is -2.27. The molecular weight excluding hydrogens is 294 g/mol. The second-order valence-corrected chi connectivity index (χ2v) is 6.29. The third-order valence-electron chi connectivity index (χ3n) is 5.24. The van der Waals surface area contributed by atoms with Crippen molar-refractivity contribution in [3.05, 3.63) is 46.7 Å². The van der Waals surface area contributed by atoms with Gasteiger partial charge in [0.25, 0.3) is 0 Å². The highest BCUT2D eigenvalue weighted by atomic mass is 16.5. The van der Waals surface area contributed by atoms with E-state index in [9.17, 15) is 9.90 Å². The van der Waals surface area contributed by atoms with E-state index in [-0.39, 0.29) is 23.0 Å². The highest BCUT2D eigenvalue weighted by Crippen LogP contribution is 2.51. The Kier molecular flexibility index (Phi) is 3.03. The lowest BCUT2D eigenvalue weighted by molar-refractivity contribution is -0.114. The molecule has 120 valence electrons. The molecule has 0 radical (unpaired) electrons. The standard InChI is InChI=1S/C18H19NO4/c1-22-16-8-11-10(6-14(16)20)5-13-12-7-15(21)17(23-2)9-18(11,12)3-4-19-13/h6-9,13,19-20H,3-5H2,1-2H3/t13-,18-/m0/s1. The molecule has 0 aromatic heterocycles. The van der Waals surface area contributed by atoms with Gasteiger partial charge >= 0.3 is 0 Å². The van der Waals surface area contributed by atoms with Crippen LogP contribution in [-0.4, -0.2) is 37.7 Å². The smallest absolute Gasteiger partial charge is 0.220 e. The first kappa shape index (κ1) is 14.3. The van der Waals surface area contributed by atoms with Crippen molar-refractivity contribution in [3.63, 3.8) is 0 Å². The van der Waals surface area contributed by atoms with Crippen LogP contribution in [0.15, 0.2) is 35.6 Å². The minimum Gasteiger partial charge on any atom is -0.504 e. The molecule has 2 atom stereocenters. The quantitative estimate of drug-likeness (QED) is 0.868. The number of ether oxygens (including phenoxy) is 2. The Morgan fingerprint density at radius 3 is 2.87 bits per heavy atom. The summed E-state index contributed by atoms with van der Waals surface area (Å²) in [6.07, 6.45) is 5.27. The van der Waals surface area contributed by atoms with Crippen molar-refractivity contribution in [1.29, 1.82) is 0 Å². The molecule has 5 nitrogen and oxygen atoms in total. The van der Waals surface area contributed by atoms with Crippen LogP contribution in [0.25, 0.3) is 0 Å². The van der Waals surface area contributed by atoms with Gasteiger partial charge in [-0.05, 0) is 60.4 Å². The van der Waals surface area contributed by atoms with Gasteiger partial charge in [-0.25, -0.2) is 0 Å². The summed E-state index contributed by atoms with van der Waals surface area (Å²) in [6, 6.07) is 3.80. The van der Waals surface area contributed by atoms with E-state index < -0.39 is 0 Å². The number of ketones is 1. The molecule has 0 unspecified atom stereocenters. The number of fused-ring (bicyclic) bond motifs is 1. The predicted molar refractivity (Wildman–Crippen MR) is 84.6 cm³/mol. The summed E-state index contributed by atoms with van der Waals surface area (Å²) in [4.78, 5) is 12.2. The molecule has 0 amide bonds. The zero-order valence-electron chi connectivity index (χ0n) is 13.2. The van der Waals surface area contributed by atoms with Crippen molar-refractivity contribution in [2.45, 2.75) is 24.3 Å². The number of benzene rings is 1. The van der Waals surface area contributed by atoms with Crippen LogP contribution in [0.1, 0.15) is 17.5 Å². The zero-order chi connectivity index (χ0) is 16.2. The van der Waals surface area contributed by atoms with Crippen LogP contribution in [-0.2, 0) is 21.4 Å². The van der Waals surface area contributed by atoms with E-state index in [0.717, 1.165) is 36.1 Å². The van der Waals surface area contributed by atoms with Crippen LogP contribution in [0, 0.1) is 0 Å². The number of allylic oxidation sites excluding steroid dienone is 2. The topological polar surface area (TPSA) is 67.8 Å². The zero-order valence-corrected chi connectivity index (χ0v) is 13.2. The molecule has 4 rings (SSSR count). The molecule has 0 saturated carbocycles. The molecule has 1 aromatic carbocycles. The molecule has 3 aliphatic rings. The van der Waals surface area contributed by atoms with Crippen molar-refractivity contribution < 1.29 is 19.4 Å². The van der Waals surface area contributed by atoms with Crippen LogP contribution in [0.4, 0.5) is 0 Å². The van der Waals surface area contributed by atoms with Crippen molar-refractivity contribution in [2.24, 2.45) is 0 Å². The number of phenolic OH excluding ortho intramolecular Hbond substituents is 1. The average Bonchev–Trinajstić information content (AvgIpc) is 2.54. The third-order valence-corrected chi connectivity index (χ3v) is 5.24. The highest BCUT2D eigenvalue weighted by molar-refractivity contribution is 6.05. The molecule has 1 aliphatic heterocycles. The number of hydrogen-bond donors (Lipinski definition) is 2. The number of aromatic hydroxyl groups is 1. The average molecular weight is 313 g/mol. The van der Waals surface area contributed by atoms with Gasteiger partial charge in [-0.15, -0.1) is 0 Å². The van der Waals surface area contributed by atoms with E-state index >= 15 is 0 Å². The fourth-order valence-corrected chi connectivity index (χ4v) is 4.19. The third kappa shape index (κ3) is 1.86. The van der Waals surface area contributed by atoms with Gasteiger partial charge in [0.1, 0.15) is 0 Å². The summed E-state index contributed by atoms with van der Waals surface area (Å²) in [6.45, 7) is 0.867. The van der Waals surface area contributed by atoms with Crippen LogP contribution in [0.5, 0.6) is 11.5 Å². The summed E-state index contributed by atoms with van der Waals surface area (Å²) in [5, 5.41) is 13.6. The van der Waals surface area contributed by atoms with Crippen molar-refractivity contribution >= 4 is 5.78 Å². The van der Waals surface area contributed by atoms with Crippen LogP contribution >= 0.6 is 0 Å². The van der Waals surface area contributed by atoms with E-state index in [2.05, 4.69) is 5.32 Å². The van der Waals surface area contributed by atoms with Gasteiger partial charge in [-0.2, -0.15) is 0 Å². The maximum atomic E-state index is 12.2. The maximum Gasteiger partial charge on any atom is 0.220 e. The number of methoxy groups -OCH3 is 2. The molecule has 5 heteroatoms. The first-order chi connectivity index (χ1) is 11.1. The van der Waals surface area contributed by atoms with Gasteiger partial charge in [0.05, 0.1) is 14.2 Å². The van der Waals surface area contributed by atoms with Gasteiger partial charge in [-0.3, -0.25) is 4.79 Å². The summed E-state index contributed by atoms with van der Waals surface area (Å²) in [5.74, 6) is 0.907. The van der Waals surface area contributed by atoms with Crippen molar-refractivity contribution in [3.8, 4) is 11.5 Å². The Morgan fingerprint density at radius 2 is 2.13 bits per heavy atom. The first-order valence-electron chi connectivity index (χ1n) is 7.76. The maximum absolute atomic E-state index is 12.2. The lowest BCUT2D eigenvalue weighted by Gasteiger charge is -2.49. The van der Waals surface area contributed by atoms with E-state index in [4.69, 9.17) is 9.47 Å². The monoisotopic (exact) mass is 313 g/mol. The molecule has 1 fully saturated rings. The normalized spacial score (nSPS) is 28.3. The number of nitrogens with one attached hydrogen (secondary N) is 1. The van der Waals surface area contributed by atoms with E-state index in [0.29, 0.717) is 11.5 Å². The van der Waals surface area contributed by atoms with Crippen LogP contribution < -0.4 is 10.1 Å². The molecule has 1 saturated heterocycles. The minimum absolute atomic E-state index is 0.0824. The van der Waals surface area contributed by atoms with Gasteiger partial charge in [0, 0.05) is 11.5 Å². The second-order valence-electron chi connectivity index (χ2n) is 6.29. The van der Waals surface area contributed by atoms with Crippen molar-refractivity contribution in [1.82, 2.24) is 5.32 Å². The van der Waals surface area contributed by atoms with Gasteiger partial charge in [0.2, 0.25) is 5.78 Å². The number of carbonyl (C=O) groups excluding carboxylic acids is 1. The molecule has 0 spiro atoms. The number of rotatable bonds is 2. The minimum atomic E-state index is -0.357. The van der Waals surface area contributed by atoms with Crippen LogP contribution in [0.2, 0.25) is 0 Å².